The van der Waals surface area contributed by atoms with Gasteiger partial charge in [0.1, 0.15) is 0 Å². The lowest BCUT2D eigenvalue weighted by molar-refractivity contribution is 0.258. The Morgan fingerprint density at radius 2 is 1.76 bits per heavy atom. The zero-order valence-corrected chi connectivity index (χ0v) is 13.9. The van der Waals surface area contributed by atoms with Gasteiger partial charge in [0.25, 0.3) is 0 Å². The van der Waals surface area contributed by atoms with Crippen LogP contribution >= 0.6 is 15.9 Å². The van der Waals surface area contributed by atoms with Crippen molar-refractivity contribution < 1.29 is 13.5 Å². The highest BCUT2D eigenvalue weighted by atomic mass is 79.9. The first kappa shape index (κ1) is 16.2. The number of aryl methyl sites for hydroxylation is 1. The Kier molecular flexibility index (Phi) is 5.16. The number of halogens is 1. The smallest absolute Gasteiger partial charge is 0.241 e. The first-order valence-corrected chi connectivity index (χ1v) is 8.66. The van der Waals surface area contributed by atoms with Gasteiger partial charge in [-0.1, -0.05) is 51.8 Å². The maximum absolute atomic E-state index is 12.4. The summed E-state index contributed by atoms with van der Waals surface area (Å²) in [5.74, 6) is 0. The average molecular weight is 370 g/mol. The van der Waals surface area contributed by atoms with Crippen LogP contribution in [0.3, 0.4) is 0 Å². The molecule has 0 heterocycles. The van der Waals surface area contributed by atoms with E-state index in [1.165, 1.54) is 0 Å². The second kappa shape index (κ2) is 6.70. The number of nitrogens with one attached hydrogen (secondary N) is 1. The van der Waals surface area contributed by atoms with Crippen molar-refractivity contribution in [3.05, 3.63) is 64.1 Å². The monoisotopic (exact) mass is 369 g/mol. The van der Waals surface area contributed by atoms with Crippen molar-refractivity contribution in [3.8, 4) is 0 Å². The minimum atomic E-state index is -3.68. The number of hydrogen-bond acceptors (Lipinski definition) is 3. The second-order valence-corrected chi connectivity index (χ2v) is 7.26. The van der Waals surface area contributed by atoms with Gasteiger partial charge in [0.2, 0.25) is 10.0 Å². The summed E-state index contributed by atoms with van der Waals surface area (Å²) < 4.78 is 28.0. The van der Waals surface area contributed by atoms with Crippen molar-refractivity contribution in [2.24, 2.45) is 0 Å². The summed E-state index contributed by atoms with van der Waals surface area (Å²) in [6.07, 6.45) is 0. The summed E-state index contributed by atoms with van der Waals surface area (Å²) in [5.41, 5.74) is 1.68. The Morgan fingerprint density at radius 3 is 2.33 bits per heavy atom. The molecule has 0 unspecified atom stereocenters. The van der Waals surface area contributed by atoms with E-state index in [0.717, 1.165) is 10.0 Å². The molecule has 0 bridgehead atoms. The molecule has 21 heavy (non-hydrogen) atoms. The Hall–Kier alpha value is -1.21. The molecular formula is C15H16BrNO3S. The van der Waals surface area contributed by atoms with E-state index in [9.17, 15) is 13.5 Å². The van der Waals surface area contributed by atoms with Gasteiger partial charge in [-0.3, -0.25) is 0 Å². The van der Waals surface area contributed by atoms with Gasteiger partial charge in [0.05, 0.1) is 17.5 Å². The zero-order valence-electron chi connectivity index (χ0n) is 11.5. The first-order chi connectivity index (χ1) is 9.94. The Balaban J connectivity index is 2.30. The molecule has 0 aromatic heterocycles. The lowest BCUT2D eigenvalue weighted by atomic mass is 10.1. The quantitative estimate of drug-likeness (QED) is 0.851. The molecule has 0 spiro atoms. The lowest BCUT2D eigenvalue weighted by Gasteiger charge is -2.18. The molecule has 2 aromatic carbocycles. The Morgan fingerprint density at radius 1 is 1.14 bits per heavy atom. The van der Waals surface area contributed by atoms with Crippen LogP contribution in [0.15, 0.2) is 57.9 Å². The fourth-order valence-electron chi connectivity index (χ4n) is 1.93. The highest BCUT2D eigenvalue weighted by Crippen LogP contribution is 2.24. The largest absolute Gasteiger partial charge is 0.394 e. The Labute approximate surface area is 133 Å². The highest BCUT2D eigenvalue weighted by molar-refractivity contribution is 9.10. The second-order valence-electron chi connectivity index (χ2n) is 4.69. The molecule has 0 aliphatic carbocycles. The summed E-state index contributed by atoms with van der Waals surface area (Å²) >= 11 is 3.37. The van der Waals surface area contributed by atoms with E-state index in [4.69, 9.17) is 0 Å². The molecular weight excluding hydrogens is 354 g/mol. The van der Waals surface area contributed by atoms with Gasteiger partial charge in [-0.2, -0.15) is 0 Å². The number of aliphatic hydroxyl groups excluding tert-OH is 1. The fourth-order valence-corrected chi connectivity index (χ4v) is 3.70. The highest BCUT2D eigenvalue weighted by Gasteiger charge is 2.22. The van der Waals surface area contributed by atoms with Crippen molar-refractivity contribution >= 4 is 26.0 Å². The fraction of sp³-hybridized carbons (Fsp3) is 0.200. The number of sulfonamides is 1. The molecule has 0 fully saturated rings. The molecule has 2 rings (SSSR count). The van der Waals surface area contributed by atoms with E-state index in [2.05, 4.69) is 20.7 Å². The van der Waals surface area contributed by atoms with Gasteiger partial charge in [-0.15, -0.1) is 0 Å². The molecule has 6 heteroatoms. The van der Waals surface area contributed by atoms with Crippen LogP contribution < -0.4 is 4.72 Å². The van der Waals surface area contributed by atoms with E-state index in [-0.39, 0.29) is 11.5 Å². The summed E-state index contributed by atoms with van der Waals surface area (Å²) in [4.78, 5) is 0.179. The number of hydrogen-bond donors (Lipinski definition) is 2. The zero-order chi connectivity index (χ0) is 15.5. The topological polar surface area (TPSA) is 66.4 Å². The molecule has 0 saturated carbocycles. The van der Waals surface area contributed by atoms with Crippen LogP contribution in [0.1, 0.15) is 17.2 Å². The summed E-state index contributed by atoms with van der Waals surface area (Å²) in [5, 5.41) is 9.51. The van der Waals surface area contributed by atoms with Crippen molar-refractivity contribution in [2.45, 2.75) is 17.9 Å². The average Bonchev–Trinajstić information content (AvgIpc) is 2.46. The number of aliphatic hydroxyl groups is 1. The third-order valence-electron chi connectivity index (χ3n) is 3.09. The van der Waals surface area contributed by atoms with Crippen LogP contribution in [0.25, 0.3) is 0 Å². The van der Waals surface area contributed by atoms with Crippen molar-refractivity contribution in [3.63, 3.8) is 0 Å². The van der Waals surface area contributed by atoms with E-state index < -0.39 is 16.1 Å². The lowest BCUT2D eigenvalue weighted by Crippen LogP contribution is -2.31. The predicted molar refractivity (Wildman–Crippen MR) is 85.5 cm³/mol. The molecule has 0 radical (unpaired) electrons. The maximum atomic E-state index is 12.4. The van der Waals surface area contributed by atoms with Crippen molar-refractivity contribution in [1.82, 2.24) is 4.72 Å². The molecule has 1 atom stereocenters. The van der Waals surface area contributed by atoms with E-state index in [0.29, 0.717) is 5.56 Å². The summed E-state index contributed by atoms with van der Waals surface area (Å²) in [6.45, 7) is 1.56. The van der Waals surface area contributed by atoms with Gasteiger partial charge in [0.15, 0.2) is 0 Å². The van der Waals surface area contributed by atoms with Crippen LogP contribution in [0.5, 0.6) is 0 Å². The summed E-state index contributed by atoms with van der Waals surface area (Å²) in [7, 11) is -3.68. The van der Waals surface area contributed by atoms with Crippen LogP contribution in [-0.4, -0.2) is 20.1 Å². The maximum Gasteiger partial charge on any atom is 0.241 e. The number of rotatable bonds is 5. The molecule has 0 saturated heterocycles. The minimum Gasteiger partial charge on any atom is -0.394 e. The molecule has 4 nitrogen and oxygen atoms in total. The molecule has 112 valence electrons. The summed E-state index contributed by atoms with van der Waals surface area (Å²) in [6, 6.07) is 13.1. The standard InChI is InChI=1S/C15H16BrNO3S/c1-11-6-8-12(9-7-11)21(19,20)17-15(10-18)13-4-2-3-5-14(13)16/h2-9,15,17-18H,10H2,1H3/t15-/m0/s1. The molecule has 2 N–H and O–H groups in total. The van der Waals surface area contributed by atoms with Crippen LogP contribution in [-0.2, 0) is 10.0 Å². The minimum absolute atomic E-state index is 0.179. The van der Waals surface area contributed by atoms with E-state index >= 15 is 0 Å². The molecule has 0 amide bonds. The van der Waals surface area contributed by atoms with Crippen molar-refractivity contribution in [1.29, 1.82) is 0 Å². The van der Waals surface area contributed by atoms with Gasteiger partial charge in [0, 0.05) is 4.47 Å². The van der Waals surface area contributed by atoms with Gasteiger partial charge < -0.3 is 5.11 Å². The normalized spacial score (nSPS) is 13.1. The predicted octanol–water partition coefficient (Wildman–Crippen LogP) is 2.77. The molecule has 2 aromatic rings. The van der Waals surface area contributed by atoms with Gasteiger partial charge in [-0.05, 0) is 30.7 Å². The Bertz CT molecular complexity index is 714. The SMILES string of the molecule is Cc1ccc(S(=O)(=O)N[C@@H](CO)c2ccccc2Br)cc1. The van der Waals surface area contributed by atoms with Gasteiger partial charge >= 0.3 is 0 Å². The number of benzene rings is 2. The van der Waals surface area contributed by atoms with Gasteiger partial charge in [-0.25, -0.2) is 13.1 Å². The van der Waals surface area contributed by atoms with Crippen LogP contribution in [0.2, 0.25) is 0 Å². The van der Waals surface area contributed by atoms with Crippen molar-refractivity contribution in [2.75, 3.05) is 6.61 Å². The van der Waals surface area contributed by atoms with E-state index in [1.54, 1.807) is 42.5 Å². The van der Waals surface area contributed by atoms with E-state index in [1.807, 2.05) is 13.0 Å². The molecule has 0 aliphatic heterocycles. The molecule has 0 aliphatic rings. The first-order valence-electron chi connectivity index (χ1n) is 6.38. The third-order valence-corrected chi connectivity index (χ3v) is 5.30. The third kappa shape index (κ3) is 3.91. The van der Waals surface area contributed by atoms with Crippen LogP contribution in [0, 0.1) is 6.92 Å². The van der Waals surface area contributed by atoms with Crippen LogP contribution in [0.4, 0.5) is 0 Å².